The highest BCUT2D eigenvalue weighted by atomic mass is 32.1. The van der Waals surface area contributed by atoms with Crippen LogP contribution in [0.4, 0.5) is 10.7 Å². The number of nitrogens with two attached hydrogens (primary N) is 1. The minimum absolute atomic E-state index is 0.0224. The van der Waals surface area contributed by atoms with Crippen LogP contribution < -0.4 is 11.1 Å². The zero-order valence-electron chi connectivity index (χ0n) is 13.8. The Morgan fingerprint density at radius 3 is 2.30 bits per heavy atom. The molecular weight excluding hydrogens is 338 g/mol. The van der Waals surface area contributed by atoms with Gasteiger partial charge in [-0.1, -0.05) is 0 Å². The molecule has 0 radical (unpaired) electrons. The lowest BCUT2D eigenvalue weighted by molar-refractivity contribution is 0.0708. The molecule has 11 heteroatoms. The number of aromatic amines is 1. The standard InChI is InChI=1S/C12H25N5O4SSi/c1-4-19-23(20-5-2,21-6-3)9-7-8-14-12(18)17-10(13)15-11(22)16-17/h4-9H2,1-3H3,(H,14,18)(H3,13,15,16,22). The summed E-state index contributed by atoms with van der Waals surface area (Å²) in [5.41, 5.74) is 5.57. The maximum atomic E-state index is 12.0. The van der Waals surface area contributed by atoms with Crippen molar-refractivity contribution >= 4 is 33.0 Å². The van der Waals surface area contributed by atoms with E-state index in [2.05, 4.69) is 15.4 Å². The van der Waals surface area contributed by atoms with Crippen LogP contribution in [-0.2, 0) is 13.3 Å². The van der Waals surface area contributed by atoms with Gasteiger partial charge in [0.05, 0.1) is 0 Å². The zero-order valence-corrected chi connectivity index (χ0v) is 15.6. The first-order valence-corrected chi connectivity index (χ1v) is 9.96. The van der Waals surface area contributed by atoms with Crippen LogP contribution in [0.25, 0.3) is 0 Å². The molecule has 1 aromatic heterocycles. The highest BCUT2D eigenvalue weighted by molar-refractivity contribution is 7.71. The van der Waals surface area contributed by atoms with E-state index in [1.54, 1.807) is 0 Å². The largest absolute Gasteiger partial charge is 0.500 e. The summed E-state index contributed by atoms with van der Waals surface area (Å²) in [5, 5.41) is 5.31. The SMILES string of the molecule is CCO[Si](CCCNC(=O)n1[nH]c(=S)nc1N)(OCC)OCC. The normalized spacial score (nSPS) is 11.6. The van der Waals surface area contributed by atoms with Gasteiger partial charge in [0.2, 0.25) is 10.7 Å². The molecule has 0 aliphatic heterocycles. The Bertz CT molecular complexity index is 533. The lowest BCUT2D eigenvalue weighted by Gasteiger charge is -2.28. The molecule has 1 amide bonds. The van der Waals surface area contributed by atoms with Crippen molar-refractivity contribution in [3.8, 4) is 0 Å². The van der Waals surface area contributed by atoms with E-state index in [-0.39, 0.29) is 10.7 Å². The lowest BCUT2D eigenvalue weighted by Crippen LogP contribution is -2.46. The molecule has 0 aliphatic rings. The van der Waals surface area contributed by atoms with Gasteiger partial charge in [0.25, 0.3) is 0 Å². The number of nitrogens with one attached hydrogen (secondary N) is 2. The second kappa shape index (κ2) is 9.77. The van der Waals surface area contributed by atoms with Crippen molar-refractivity contribution in [3.05, 3.63) is 4.77 Å². The molecule has 1 aromatic rings. The Morgan fingerprint density at radius 2 is 1.87 bits per heavy atom. The third-order valence-electron chi connectivity index (χ3n) is 2.88. The summed E-state index contributed by atoms with van der Waals surface area (Å²) in [6.07, 6.45) is 0.660. The number of hydrogen-bond acceptors (Lipinski definition) is 7. The van der Waals surface area contributed by atoms with E-state index in [0.717, 1.165) is 4.68 Å². The molecule has 0 bridgehead atoms. The van der Waals surface area contributed by atoms with Crippen molar-refractivity contribution in [1.29, 1.82) is 0 Å². The van der Waals surface area contributed by atoms with Gasteiger partial charge in [-0.15, -0.1) is 0 Å². The average Bonchev–Trinajstić information content (AvgIpc) is 2.83. The van der Waals surface area contributed by atoms with Crippen molar-refractivity contribution in [3.63, 3.8) is 0 Å². The number of hydrogen-bond donors (Lipinski definition) is 3. The van der Waals surface area contributed by atoms with Crippen LogP contribution in [0.1, 0.15) is 27.2 Å². The maximum absolute atomic E-state index is 12.0. The number of carbonyl (C=O) groups is 1. The number of H-pyrrole nitrogens is 1. The van der Waals surface area contributed by atoms with Gasteiger partial charge >= 0.3 is 14.8 Å². The Balaban J connectivity index is 2.51. The van der Waals surface area contributed by atoms with Gasteiger partial charge in [0, 0.05) is 32.4 Å². The van der Waals surface area contributed by atoms with E-state index in [9.17, 15) is 4.79 Å². The van der Waals surface area contributed by atoms with Gasteiger partial charge < -0.3 is 24.3 Å². The lowest BCUT2D eigenvalue weighted by atomic mass is 10.5. The van der Waals surface area contributed by atoms with E-state index in [4.69, 9.17) is 31.2 Å². The number of anilines is 1. The number of rotatable bonds is 10. The average molecular weight is 364 g/mol. The molecular formula is C12H25N5O4SSi. The minimum Gasteiger partial charge on any atom is -0.374 e. The van der Waals surface area contributed by atoms with Gasteiger partial charge in [-0.25, -0.2) is 4.79 Å². The number of nitrogens with zero attached hydrogens (tertiary/aromatic N) is 2. The molecule has 9 nitrogen and oxygen atoms in total. The van der Waals surface area contributed by atoms with Crippen LogP contribution in [-0.4, -0.2) is 56.0 Å². The first-order valence-electron chi connectivity index (χ1n) is 7.62. The molecule has 0 fully saturated rings. The van der Waals surface area contributed by atoms with Crippen LogP contribution in [0.5, 0.6) is 0 Å². The third-order valence-corrected chi connectivity index (χ3v) is 6.22. The molecule has 0 aliphatic carbocycles. The molecule has 0 spiro atoms. The van der Waals surface area contributed by atoms with Crippen LogP contribution in [0.2, 0.25) is 6.04 Å². The number of aromatic nitrogens is 3. The second-order valence-electron chi connectivity index (χ2n) is 4.54. The molecule has 0 aromatic carbocycles. The Morgan fingerprint density at radius 1 is 1.30 bits per heavy atom. The van der Waals surface area contributed by atoms with E-state index < -0.39 is 14.8 Å². The first-order chi connectivity index (χ1) is 11.0. The van der Waals surface area contributed by atoms with Gasteiger partial charge in [0.15, 0.2) is 0 Å². The zero-order chi connectivity index (χ0) is 17.3. The monoisotopic (exact) mass is 363 g/mol. The van der Waals surface area contributed by atoms with Crippen molar-refractivity contribution < 1.29 is 18.1 Å². The summed E-state index contributed by atoms with van der Waals surface area (Å²) in [4.78, 5) is 15.7. The Labute approximate surface area is 141 Å². The van der Waals surface area contributed by atoms with Crippen molar-refractivity contribution in [2.75, 3.05) is 32.1 Å². The van der Waals surface area contributed by atoms with Crippen molar-refractivity contribution in [2.45, 2.75) is 33.2 Å². The summed E-state index contributed by atoms with van der Waals surface area (Å²) in [6.45, 7) is 7.74. The fraction of sp³-hybridized carbons (Fsp3) is 0.750. The summed E-state index contributed by atoms with van der Waals surface area (Å²) >= 11 is 4.82. The molecule has 1 heterocycles. The van der Waals surface area contributed by atoms with Crippen LogP contribution >= 0.6 is 12.2 Å². The fourth-order valence-corrected chi connectivity index (χ4v) is 4.86. The summed E-state index contributed by atoms with van der Waals surface area (Å²) in [7, 11) is -2.67. The van der Waals surface area contributed by atoms with Gasteiger partial charge in [0.1, 0.15) is 0 Å². The van der Waals surface area contributed by atoms with Crippen molar-refractivity contribution in [2.24, 2.45) is 0 Å². The maximum Gasteiger partial charge on any atom is 0.500 e. The predicted octanol–water partition coefficient (Wildman–Crippen LogP) is 1.52. The van der Waals surface area contributed by atoms with E-state index in [1.807, 2.05) is 20.8 Å². The van der Waals surface area contributed by atoms with E-state index >= 15 is 0 Å². The van der Waals surface area contributed by atoms with E-state index in [0.29, 0.717) is 38.8 Å². The highest BCUT2D eigenvalue weighted by Crippen LogP contribution is 2.17. The first kappa shape index (κ1) is 19.8. The fourth-order valence-electron chi connectivity index (χ4n) is 2.07. The number of nitrogen functional groups attached to an aromatic ring is 1. The molecule has 0 saturated carbocycles. The summed E-state index contributed by atoms with van der Waals surface area (Å²) in [6, 6.07) is 0.209. The highest BCUT2D eigenvalue weighted by Gasteiger charge is 2.39. The quantitative estimate of drug-likeness (QED) is 0.328. The minimum atomic E-state index is -2.67. The van der Waals surface area contributed by atoms with Crippen LogP contribution in [0, 0.1) is 4.77 Å². The topological polar surface area (TPSA) is 116 Å². The van der Waals surface area contributed by atoms with E-state index in [1.165, 1.54) is 0 Å². The van der Waals surface area contributed by atoms with Gasteiger partial charge in [-0.05, 0) is 39.4 Å². The summed E-state index contributed by atoms with van der Waals surface area (Å²) in [5.74, 6) is 0.0224. The molecule has 132 valence electrons. The Kier molecular flexibility index (Phi) is 8.40. The Hall–Kier alpha value is -1.27. The summed E-state index contributed by atoms with van der Waals surface area (Å²) < 4.78 is 18.5. The van der Waals surface area contributed by atoms with Crippen LogP contribution in [0.15, 0.2) is 0 Å². The number of carbonyl (C=O) groups excluding carboxylic acids is 1. The molecule has 0 unspecified atom stereocenters. The smallest absolute Gasteiger partial charge is 0.374 e. The molecule has 0 atom stereocenters. The predicted molar refractivity (Wildman–Crippen MR) is 90.7 cm³/mol. The second-order valence-corrected chi connectivity index (χ2v) is 7.66. The van der Waals surface area contributed by atoms with Gasteiger partial charge in [-0.2, -0.15) is 9.67 Å². The van der Waals surface area contributed by atoms with Crippen molar-refractivity contribution in [1.82, 2.24) is 20.1 Å². The number of amides is 1. The molecule has 23 heavy (non-hydrogen) atoms. The van der Waals surface area contributed by atoms with Gasteiger partial charge in [-0.3, -0.25) is 5.10 Å². The molecule has 0 saturated heterocycles. The third kappa shape index (κ3) is 6.03. The molecule has 4 N–H and O–H groups in total. The molecule has 1 rings (SSSR count). The van der Waals surface area contributed by atoms with Crippen LogP contribution in [0.3, 0.4) is 0 Å².